The van der Waals surface area contributed by atoms with E-state index in [4.69, 9.17) is 0 Å². The standard InChI is InChI=1S/C17H29N/c1-6-13-17(7-2,14-18-16(3,4)5)15-11-9-8-10-12-15/h8-12,18H,6-7,13-14H2,1-5H3. The van der Waals surface area contributed by atoms with E-state index in [0.29, 0.717) is 0 Å². The highest BCUT2D eigenvalue weighted by molar-refractivity contribution is 5.26. The molecule has 0 saturated carbocycles. The average Bonchev–Trinajstić information content (AvgIpc) is 2.35. The summed E-state index contributed by atoms with van der Waals surface area (Å²) in [6.45, 7) is 12.4. The van der Waals surface area contributed by atoms with Gasteiger partial charge in [0.2, 0.25) is 0 Å². The van der Waals surface area contributed by atoms with E-state index >= 15 is 0 Å². The van der Waals surface area contributed by atoms with Gasteiger partial charge in [-0.2, -0.15) is 0 Å². The molecule has 1 aromatic rings. The zero-order chi connectivity index (χ0) is 13.6. The van der Waals surface area contributed by atoms with Crippen molar-refractivity contribution >= 4 is 0 Å². The first kappa shape index (κ1) is 15.2. The zero-order valence-corrected chi connectivity index (χ0v) is 12.7. The second kappa shape index (κ2) is 6.38. The summed E-state index contributed by atoms with van der Waals surface area (Å²) in [6.07, 6.45) is 3.67. The Hall–Kier alpha value is -0.820. The van der Waals surface area contributed by atoms with Crippen molar-refractivity contribution in [3.05, 3.63) is 35.9 Å². The van der Waals surface area contributed by atoms with Gasteiger partial charge in [-0.25, -0.2) is 0 Å². The van der Waals surface area contributed by atoms with Crippen LogP contribution in [0.2, 0.25) is 0 Å². The third kappa shape index (κ3) is 4.13. The van der Waals surface area contributed by atoms with Crippen molar-refractivity contribution in [2.45, 2.75) is 64.8 Å². The normalized spacial score (nSPS) is 15.4. The summed E-state index contributed by atoms with van der Waals surface area (Å²) >= 11 is 0. The van der Waals surface area contributed by atoms with Gasteiger partial charge in [-0.3, -0.25) is 0 Å². The first-order chi connectivity index (χ1) is 8.43. The summed E-state index contributed by atoms with van der Waals surface area (Å²) in [6, 6.07) is 11.0. The summed E-state index contributed by atoms with van der Waals surface area (Å²) in [4.78, 5) is 0. The van der Waals surface area contributed by atoms with Gasteiger partial charge < -0.3 is 5.32 Å². The lowest BCUT2D eigenvalue weighted by Crippen LogP contribution is -2.46. The predicted molar refractivity (Wildman–Crippen MR) is 81.1 cm³/mol. The van der Waals surface area contributed by atoms with E-state index in [1.165, 1.54) is 24.8 Å². The number of hydrogen-bond donors (Lipinski definition) is 1. The Labute approximate surface area is 113 Å². The van der Waals surface area contributed by atoms with Crippen LogP contribution in [0.25, 0.3) is 0 Å². The van der Waals surface area contributed by atoms with Crippen molar-refractivity contribution in [2.75, 3.05) is 6.54 Å². The molecule has 0 bridgehead atoms. The van der Waals surface area contributed by atoms with E-state index in [9.17, 15) is 0 Å². The number of benzene rings is 1. The minimum atomic E-state index is 0.183. The Bertz CT molecular complexity index is 336. The van der Waals surface area contributed by atoms with E-state index in [2.05, 4.69) is 70.3 Å². The van der Waals surface area contributed by atoms with E-state index < -0.39 is 0 Å². The number of rotatable bonds is 6. The Balaban J connectivity index is 2.94. The molecule has 102 valence electrons. The van der Waals surface area contributed by atoms with Crippen LogP contribution >= 0.6 is 0 Å². The number of nitrogens with one attached hydrogen (secondary N) is 1. The monoisotopic (exact) mass is 247 g/mol. The fourth-order valence-electron chi connectivity index (χ4n) is 2.55. The van der Waals surface area contributed by atoms with Crippen molar-refractivity contribution in [3.8, 4) is 0 Å². The first-order valence-electron chi connectivity index (χ1n) is 7.24. The summed E-state index contributed by atoms with van der Waals surface area (Å²) in [7, 11) is 0. The minimum Gasteiger partial charge on any atom is -0.311 e. The maximum absolute atomic E-state index is 3.70. The fourth-order valence-corrected chi connectivity index (χ4v) is 2.55. The minimum absolute atomic E-state index is 0.183. The lowest BCUT2D eigenvalue weighted by Gasteiger charge is -2.36. The van der Waals surface area contributed by atoms with Gasteiger partial charge in [0.1, 0.15) is 0 Å². The lowest BCUT2D eigenvalue weighted by atomic mass is 9.74. The smallest absolute Gasteiger partial charge is 0.00968 e. The molecule has 1 aromatic carbocycles. The molecular formula is C17H29N. The van der Waals surface area contributed by atoms with E-state index in [1.54, 1.807) is 0 Å². The van der Waals surface area contributed by atoms with Crippen LogP contribution in [0.4, 0.5) is 0 Å². The summed E-state index contributed by atoms with van der Waals surface area (Å²) in [5.74, 6) is 0. The maximum atomic E-state index is 3.70. The quantitative estimate of drug-likeness (QED) is 0.779. The SMILES string of the molecule is CCCC(CC)(CNC(C)(C)C)c1ccccc1. The first-order valence-corrected chi connectivity index (χ1v) is 7.24. The molecule has 0 aliphatic carbocycles. The largest absolute Gasteiger partial charge is 0.311 e. The summed E-state index contributed by atoms with van der Waals surface area (Å²) in [5.41, 5.74) is 1.94. The molecular weight excluding hydrogens is 218 g/mol. The second-order valence-electron chi connectivity index (χ2n) is 6.35. The van der Waals surface area contributed by atoms with Gasteiger partial charge in [-0.1, -0.05) is 50.6 Å². The van der Waals surface area contributed by atoms with Crippen LogP contribution in [0.3, 0.4) is 0 Å². The van der Waals surface area contributed by atoms with Crippen LogP contribution in [0, 0.1) is 0 Å². The molecule has 0 heterocycles. The zero-order valence-electron chi connectivity index (χ0n) is 12.7. The van der Waals surface area contributed by atoms with Gasteiger partial charge in [0.25, 0.3) is 0 Å². The van der Waals surface area contributed by atoms with Gasteiger partial charge in [0.15, 0.2) is 0 Å². The predicted octanol–water partition coefficient (Wildman–Crippen LogP) is 4.52. The summed E-state index contributed by atoms with van der Waals surface area (Å²) < 4.78 is 0. The molecule has 1 heteroatoms. The van der Waals surface area contributed by atoms with E-state index in [1.807, 2.05) is 0 Å². The van der Waals surface area contributed by atoms with Crippen LogP contribution in [0.5, 0.6) is 0 Å². The maximum Gasteiger partial charge on any atom is 0.00968 e. The molecule has 0 saturated heterocycles. The molecule has 1 N–H and O–H groups in total. The van der Waals surface area contributed by atoms with Crippen molar-refractivity contribution in [2.24, 2.45) is 0 Å². The van der Waals surface area contributed by atoms with E-state index in [-0.39, 0.29) is 11.0 Å². The second-order valence-corrected chi connectivity index (χ2v) is 6.35. The molecule has 0 spiro atoms. The van der Waals surface area contributed by atoms with Crippen molar-refractivity contribution < 1.29 is 0 Å². The van der Waals surface area contributed by atoms with Crippen molar-refractivity contribution in [1.29, 1.82) is 0 Å². The van der Waals surface area contributed by atoms with Gasteiger partial charge in [-0.05, 0) is 39.2 Å². The highest BCUT2D eigenvalue weighted by Gasteiger charge is 2.30. The molecule has 1 nitrogen and oxygen atoms in total. The molecule has 0 radical (unpaired) electrons. The number of hydrogen-bond acceptors (Lipinski definition) is 1. The highest BCUT2D eigenvalue weighted by atomic mass is 15.0. The highest BCUT2D eigenvalue weighted by Crippen LogP contribution is 2.32. The third-order valence-electron chi connectivity index (χ3n) is 3.75. The van der Waals surface area contributed by atoms with Crippen LogP contribution in [-0.4, -0.2) is 12.1 Å². The molecule has 0 fully saturated rings. The van der Waals surface area contributed by atoms with Crippen LogP contribution in [0.15, 0.2) is 30.3 Å². The Kier molecular flexibility index (Phi) is 5.40. The Morgan fingerprint density at radius 2 is 1.61 bits per heavy atom. The Morgan fingerprint density at radius 1 is 1.00 bits per heavy atom. The molecule has 0 amide bonds. The van der Waals surface area contributed by atoms with E-state index in [0.717, 1.165) is 6.54 Å². The molecule has 0 aromatic heterocycles. The van der Waals surface area contributed by atoms with Crippen LogP contribution in [-0.2, 0) is 5.41 Å². The topological polar surface area (TPSA) is 12.0 Å². The van der Waals surface area contributed by atoms with Crippen LogP contribution < -0.4 is 5.32 Å². The summed E-state index contributed by atoms with van der Waals surface area (Å²) in [5, 5.41) is 3.70. The van der Waals surface area contributed by atoms with Gasteiger partial charge in [0.05, 0.1) is 0 Å². The Morgan fingerprint density at radius 3 is 2.06 bits per heavy atom. The molecule has 1 rings (SSSR count). The molecule has 0 aliphatic rings. The third-order valence-corrected chi connectivity index (χ3v) is 3.75. The molecule has 1 unspecified atom stereocenters. The molecule has 1 atom stereocenters. The van der Waals surface area contributed by atoms with Gasteiger partial charge >= 0.3 is 0 Å². The van der Waals surface area contributed by atoms with Crippen LogP contribution in [0.1, 0.15) is 59.4 Å². The molecule has 18 heavy (non-hydrogen) atoms. The fraction of sp³-hybridized carbons (Fsp3) is 0.647. The van der Waals surface area contributed by atoms with Crippen molar-refractivity contribution in [3.63, 3.8) is 0 Å². The van der Waals surface area contributed by atoms with Crippen molar-refractivity contribution in [1.82, 2.24) is 5.32 Å². The van der Waals surface area contributed by atoms with Gasteiger partial charge in [0, 0.05) is 17.5 Å². The average molecular weight is 247 g/mol. The van der Waals surface area contributed by atoms with Gasteiger partial charge in [-0.15, -0.1) is 0 Å². The molecule has 0 aliphatic heterocycles. The lowest BCUT2D eigenvalue weighted by molar-refractivity contribution is 0.302.